The molecule has 0 aromatic heterocycles. The number of rotatable bonds is 10. The second-order valence-electron chi connectivity index (χ2n) is 9.21. The number of likely N-dealkylation sites (N-methyl/N-ethyl adjacent to an activating group) is 1. The van der Waals surface area contributed by atoms with Crippen LogP contribution in [0.1, 0.15) is 35.6 Å². The number of carbonyl (C=O) groups excluding carboxylic acids is 2. The van der Waals surface area contributed by atoms with Crippen LogP contribution < -0.4 is 9.62 Å². The van der Waals surface area contributed by atoms with Gasteiger partial charge in [-0.3, -0.25) is 13.9 Å². The molecule has 2 amide bonds. The van der Waals surface area contributed by atoms with E-state index in [9.17, 15) is 18.0 Å². The normalized spacial score (nSPS) is 12.0. The molecule has 3 aromatic rings. The van der Waals surface area contributed by atoms with Crippen molar-refractivity contribution in [3.63, 3.8) is 0 Å². The minimum atomic E-state index is -4.07. The Balaban J connectivity index is 2.05. The van der Waals surface area contributed by atoms with Crippen LogP contribution in [-0.4, -0.2) is 44.8 Å². The van der Waals surface area contributed by atoms with Crippen LogP contribution in [0.5, 0.6) is 0 Å². The summed E-state index contributed by atoms with van der Waals surface area (Å²) in [7, 11) is -2.54. The van der Waals surface area contributed by atoms with E-state index in [-0.39, 0.29) is 17.3 Å². The van der Waals surface area contributed by atoms with Gasteiger partial charge in [0, 0.05) is 13.6 Å². The van der Waals surface area contributed by atoms with Crippen LogP contribution in [0.4, 0.5) is 5.69 Å². The highest BCUT2D eigenvalue weighted by Crippen LogP contribution is 2.26. The lowest BCUT2D eigenvalue weighted by Gasteiger charge is -2.33. The van der Waals surface area contributed by atoms with Crippen LogP contribution in [0.25, 0.3) is 0 Å². The Bertz CT molecular complexity index is 1340. The third kappa shape index (κ3) is 6.77. The van der Waals surface area contributed by atoms with Gasteiger partial charge in [-0.15, -0.1) is 0 Å². The van der Waals surface area contributed by atoms with Gasteiger partial charge in [0.25, 0.3) is 10.0 Å². The van der Waals surface area contributed by atoms with Gasteiger partial charge in [0.1, 0.15) is 12.6 Å². The molecule has 0 saturated carbocycles. The number of anilines is 1. The summed E-state index contributed by atoms with van der Waals surface area (Å²) in [5.74, 6) is -0.764. The molecule has 0 heterocycles. The smallest absolute Gasteiger partial charge is 0.264 e. The molecule has 0 fully saturated rings. The van der Waals surface area contributed by atoms with Gasteiger partial charge < -0.3 is 10.2 Å². The van der Waals surface area contributed by atoms with Crippen LogP contribution in [0.2, 0.25) is 0 Å². The molecule has 3 rings (SSSR count). The maximum atomic E-state index is 13.9. The molecule has 196 valence electrons. The van der Waals surface area contributed by atoms with E-state index in [4.69, 9.17) is 0 Å². The summed E-state index contributed by atoms with van der Waals surface area (Å²) < 4.78 is 28.8. The summed E-state index contributed by atoms with van der Waals surface area (Å²) in [4.78, 5) is 28.2. The van der Waals surface area contributed by atoms with Gasteiger partial charge in [-0.05, 0) is 62.6 Å². The van der Waals surface area contributed by atoms with Crippen LogP contribution in [0, 0.1) is 20.8 Å². The van der Waals surface area contributed by atoms with E-state index >= 15 is 0 Å². The van der Waals surface area contributed by atoms with Crippen molar-refractivity contribution in [1.82, 2.24) is 10.2 Å². The van der Waals surface area contributed by atoms with Gasteiger partial charge in [0.15, 0.2) is 0 Å². The van der Waals surface area contributed by atoms with Crippen LogP contribution in [0.15, 0.2) is 77.7 Å². The van der Waals surface area contributed by atoms with E-state index in [1.807, 2.05) is 58.0 Å². The van der Waals surface area contributed by atoms with Gasteiger partial charge in [0.2, 0.25) is 11.8 Å². The van der Waals surface area contributed by atoms with Gasteiger partial charge in [-0.2, -0.15) is 0 Å². The predicted molar refractivity (Wildman–Crippen MR) is 147 cm³/mol. The second kappa shape index (κ2) is 12.1. The summed E-state index contributed by atoms with van der Waals surface area (Å²) in [5.41, 5.74) is 4.11. The van der Waals surface area contributed by atoms with Gasteiger partial charge in [-0.1, -0.05) is 66.6 Å². The number of sulfonamides is 1. The summed E-state index contributed by atoms with van der Waals surface area (Å²) in [6, 6.07) is 20.5. The SMILES string of the molecule is CC[C@H](C(=O)NC)N(Cc1ccc(C)cc1)C(=O)CN(c1cccc(C)c1)S(=O)(=O)c1ccc(C)cc1. The molecular weight excluding hydrogens is 486 g/mol. The van der Waals surface area contributed by atoms with E-state index in [0.717, 1.165) is 26.6 Å². The number of amides is 2. The molecule has 0 aliphatic carbocycles. The fraction of sp³-hybridized carbons (Fsp3) is 0.310. The summed E-state index contributed by atoms with van der Waals surface area (Å²) in [5, 5.41) is 2.64. The van der Waals surface area contributed by atoms with Crippen molar-refractivity contribution in [2.45, 2.75) is 51.6 Å². The number of nitrogens with zero attached hydrogens (tertiary/aromatic N) is 2. The van der Waals surface area contributed by atoms with E-state index < -0.39 is 28.5 Å². The zero-order valence-corrected chi connectivity index (χ0v) is 22.9. The number of carbonyl (C=O) groups is 2. The molecule has 0 aliphatic heterocycles. The molecule has 37 heavy (non-hydrogen) atoms. The van der Waals surface area contributed by atoms with Gasteiger partial charge in [0.05, 0.1) is 10.6 Å². The summed E-state index contributed by atoms with van der Waals surface area (Å²) in [6.45, 7) is 7.28. The third-order valence-corrected chi connectivity index (χ3v) is 8.07. The van der Waals surface area contributed by atoms with Crippen molar-refractivity contribution in [3.05, 3.63) is 95.1 Å². The average molecular weight is 522 g/mol. The zero-order valence-electron chi connectivity index (χ0n) is 22.1. The van der Waals surface area contributed by atoms with Crippen LogP contribution >= 0.6 is 0 Å². The number of benzene rings is 3. The third-order valence-electron chi connectivity index (χ3n) is 6.28. The lowest BCUT2D eigenvalue weighted by Crippen LogP contribution is -2.51. The van der Waals surface area contributed by atoms with E-state index in [0.29, 0.717) is 12.1 Å². The van der Waals surface area contributed by atoms with Crippen LogP contribution in [0.3, 0.4) is 0 Å². The maximum Gasteiger partial charge on any atom is 0.264 e. The van der Waals surface area contributed by atoms with Crippen molar-refractivity contribution in [3.8, 4) is 0 Å². The molecular formula is C29H35N3O4S. The van der Waals surface area contributed by atoms with Gasteiger partial charge in [-0.25, -0.2) is 8.42 Å². The first-order chi connectivity index (χ1) is 17.6. The Morgan fingerprint density at radius 2 is 1.46 bits per heavy atom. The average Bonchev–Trinajstić information content (AvgIpc) is 2.88. The highest BCUT2D eigenvalue weighted by Gasteiger charge is 2.33. The van der Waals surface area contributed by atoms with Crippen LogP contribution in [-0.2, 0) is 26.2 Å². The monoisotopic (exact) mass is 521 g/mol. The molecule has 3 aromatic carbocycles. The highest BCUT2D eigenvalue weighted by atomic mass is 32.2. The minimum Gasteiger partial charge on any atom is -0.357 e. The predicted octanol–water partition coefficient (Wildman–Crippen LogP) is 4.36. The number of hydrogen-bond donors (Lipinski definition) is 1. The quantitative estimate of drug-likeness (QED) is 0.430. The Labute approximate surface area is 220 Å². The first kappa shape index (κ1) is 27.9. The number of nitrogens with one attached hydrogen (secondary N) is 1. The molecule has 1 atom stereocenters. The van der Waals surface area contributed by atoms with Crippen molar-refractivity contribution in [2.75, 3.05) is 17.9 Å². The lowest BCUT2D eigenvalue weighted by atomic mass is 10.1. The highest BCUT2D eigenvalue weighted by molar-refractivity contribution is 7.92. The Hall–Kier alpha value is -3.65. The Kier molecular flexibility index (Phi) is 9.10. The molecule has 7 nitrogen and oxygen atoms in total. The second-order valence-corrected chi connectivity index (χ2v) is 11.1. The Morgan fingerprint density at radius 1 is 0.865 bits per heavy atom. The van der Waals surface area contributed by atoms with Crippen molar-refractivity contribution in [2.24, 2.45) is 0 Å². The first-order valence-corrected chi connectivity index (χ1v) is 13.7. The zero-order chi connectivity index (χ0) is 27.2. The number of aryl methyl sites for hydroxylation is 3. The summed E-state index contributed by atoms with van der Waals surface area (Å²) in [6.07, 6.45) is 0.381. The molecule has 8 heteroatoms. The molecule has 0 aliphatic rings. The lowest BCUT2D eigenvalue weighted by molar-refractivity contribution is -0.140. The topological polar surface area (TPSA) is 86.8 Å². The molecule has 0 unspecified atom stereocenters. The fourth-order valence-corrected chi connectivity index (χ4v) is 5.53. The van der Waals surface area contributed by atoms with Crippen molar-refractivity contribution in [1.29, 1.82) is 0 Å². The van der Waals surface area contributed by atoms with E-state index in [1.54, 1.807) is 42.5 Å². The number of hydrogen-bond acceptors (Lipinski definition) is 4. The first-order valence-electron chi connectivity index (χ1n) is 12.3. The standard InChI is InChI=1S/C29H35N3O4S/c1-6-27(29(34)30-5)31(19-24-14-10-21(2)11-15-24)28(33)20-32(25-9-7-8-23(4)18-25)37(35,36)26-16-12-22(3)13-17-26/h7-18,27H,6,19-20H2,1-5H3,(H,30,34)/t27-/m1/s1. The molecule has 0 spiro atoms. The molecule has 1 N–H and O–H groups in total. The minimum absolute atomic E-state index is 0.0934. The summed E-state index contributed by atoms with van der Waals surface area (Å²) >= 11 is 0. The van der Waals surface area contributed by atoms with E-state index in [2.05, 4.69) is 5.32 Å². The van der Waals surface area contributed by atoms with Gasteiger partial charge >= 0.3 is 0 Å². The molecule has 0 saturated heterocycles. The molecule has 0 bridgehead atoms. The van der Waals surface area contributed by atoms with E-state index in [1.165, 1.54) is 11.9 Å². The Morgan fingerprint density at radius 3 is 2.00 bits per heavy atom. The molecule has 0 radical (unpaired) electrons. The van der Waals surface area contributed by atoms with Crippen molar-refractivity contribution < 1.29 is 18.0 Å². The largest absolute Gasteiger partial charge is 0.357 e. The van der Waals surface area contributed by atoms with Crippen molar-refractivity contribution >= 4 is 27.5 Å². The fourth-order valence-electron chi connectivity index (χ4n) is 4.13. The maximum absolute atomic E-state index is 13.9.